The first-order valence-electron chi connectivity index (χ1n) is 15.1. The van der Waals surface area contributed by atoms with Crippen LogP contribution in [-0.2, 0) is 17.3 Å². The fraction of sp³-hybridized carbons (Fsp3) is 0.486. The molecule has 2 N–H and O–H groups in total. The highest BCUT2D eigenvalue weighted by atomic mass is 19.4. The topological polar surface area (TPSA) is 75.6 Å². The van der Waals surface area contributed by atoms with Crippen molar-refractivity contribution < 1.29 is 41.4 Å². The standard InChI is InChI=1S/C35H36F5NO4/c1-30-15-31(2)17-32(3,16-30)20-33(18-30,19-31)27(29(43)44)41-28(42)25-13-10-22-6-4-5-7-24(22)26(25)45-14-21-8-11-23(12-9-21)34(36,37)35(38,39)40/h4-13,27H,14-20H2,1-3H3,(H,41,42)(H,43,44)/t27-,30?,31?,32?,33?/m1/s1. The number of fused-ring (bicyclic) bond motifs is 1. The summed E-state index contributed by atoms with van der Waals surface area (Å²) in [5.41, 5.74) is -1.40. The van der Waals surface area contributed by atoms with Gasteiger partial charge in [0.25, 0.3) is 5.91 Å². The van der Waals surface area contributed by atoms with Gasteiger partial charge in [-0.3, -0.25) is 4.79 Å². The molecule has 0 spiro atoms. The molecule has 5 nitrogen and oxygen atoms in total. The summed E-state index contributed by atoms with van der Waals surface area (Å²) >= 11 is 0. The average molecular weight is 630 g/mol. The smallest absolute Gasteiger partial charge is 0.458 e. The molecule has 0 saturated heterocycles. The summed E-state index contributed by atoms with van der Waals surface area (Å²) < 4.78 is 72.1. The molecule has 4 saturated carbocycles. The van der Waals surface area contributed by atoms with Gasteiger partial charge in [0, 0.05) is 16.4 Å². The molecule has 0 aromatic heterocycles. The van der Waals surface area contributed by atoms with Crippen LogP contribution in [0.25, 0.3) is 10.8 Å². The number of carboxylic acid groups (broad SMARTS) is 1. The monoisotopic (exact) mass is 629 g/mol. The van der Waals surface area contributed by atoms with E-state index in [9.17, 15) is 36.6 Å². The summed E-state index contributed by atoms with van der Waals surface area (Å²) in [4.78, 5) is 26.9. The SMILES string of the molecule is CC12CC3(C)CC(C)(C1)CC([C@H](NC(=O)c1ccc4ccccc4c1OCc1ccc(C(F)(F)C(F)(F)F)cc1)C(=O)O)(C2)C3. The predicted octanol–water partition coefficient (Wildman–Crippen LogP) is 8.64. The van der Waals surface area contributed by atoms with Gasteiger partial charge in [0.15, 0.2) is 0 Å². The maximum atomic E-state index is 14.0. The normalized spacial score (nSPS) is 29.9. The number of carbonyl (C=O) groups is 2. The Morgan fingerprint density at radius 3 is 1.91 bits per heavy atom. The van der Waals surface area contributed by atoms with Crippen molar-refractivity contribution in [3.05, 3.63) is 77.4 Å². The minimum absolute atomic E-state index is 0.00644. The third-order valence-corrected chi connectivity index (χ3v) is 10.2. The molecule has 3 aromatic rings. The molecule has 1 atom stereocenters. The van der Waals surface area contributed by atoms with Crippen molar-refractivity contribution in [1.82, 2.24) is 5.32 Å². The van der Waals surface area contributed by atoms with E-state index in [1.54, 1.807) is 30.3 Å². The molecular formula is C35H36F5NO4. The van der Waals surface area contributed by atoms with E-state index in [1.165, 1.54) is 0 Å². The Morgan fingerprint density at radius 1 is 0.822 bits per heavy atom. The summed E-state index contributed by atoms with van der Waals surface area (Å²) in [5.74, 6) is -6.54. The maximum absolute atomic E-state index is 14.0. The molecule has 0 radical (unpaired) electrons. The summed E-state index contributed by atoms with van der Waals surface area (Å²) in [6.45, 7) is 6.49. The Balaban J connectivity index is 1.30. The lowest BCUT2D eigenvalue weighted by atomic mass is 9.35. The van der Waals surface area contributed by atoms with Gasteiger partial charge >= 0.3 is 18.1 Å². The molecule has 1 amide bonds. The number of hydrogen-bond acceptors (Lipinski definition) is 3. The van der Waals surface area contributed by atoms with Gasteiger partial charge in [-0.2, -0.15) is 22.0 Å². The minimum Gasteiger partial charge on any atom is -0.487 e. The second-order valence-electron chi connectivity index (χ2n) is 14.8. The Morgan fingerprint density at radius 2 is 1.38 bits per heavy atom. The number of alkyl halides is 5. The third-order valence-electron chi connectivity index (χ3n) is 10.2. The molecule has 4 bridgehead atoms. The first kappa shape index (κ1) is 31.3. The largest absolute Gasteiger partial charge is 0.487 e. The number of amides is 1. The van der Waals surface area contributed by atoms with Crippen molar-refractivity contribution >= 4 is 22.6 Å². The lowest BCUT2D eigenvalue weighted by Gasteiger charge is -2.70. The number of rotatable bonds is 8. The van der Waals surface area contributed by atoms with Crippen LogP contribution in [0.2, 0.25) is 0 Å². The van der Waals surface area contributed by atoms with Gasteiger partial charge < -0.3 is 15.2 Å². The van der Waals surface area contributed by atoms with E-state index >= 15 is 0 Å². The second kappa shape index (κ2) is 10.2. The van der Waals surface area contributed by atoms with Gasteiger partial charge in [-0.25, -0.2) is 4.79 Å². The zero-order chi connectivity index (χ0) is 32.6. The molecule has 0 heterocycles. The predicted molar refractivity (Wildman–Crippen MR) is 158 cm³/mol. The number of aliphatic carboxylic acids is 1. The van der Waals surface area contributed by atoms with Gasteiger partial charge in [0.1, 0.15) is 18.4 Å². The van der Waals surface area contributed by atoms with E-state index < -0.39 is 41.0 Å². The van der Waals surface area contributed by atoms with Crippen molar-refractivity contribution in [3.63, 3.8) is 0 Å². The summed E-state index contributed by atoms with van der Waals surface area (Å²) in [6, 6.07) is 12.9. The number of benzene rings is 3. The quantitative estimate of drug-likeness (QED) is 0.245. The van der Waals surface area contributed by atoms with Crippen LogP contribution >= 0.6 is 0 Å². The van der Waals surface area contributed by atoms with E-state index in [-0.39, 0.29) is 34.2 Å². The van der Waals surface area contributed by atoms with E-state index in [1.807, 2.05) is 6.07 Å². The highest BCUT2D eigenvalue weighted by molar-refractivity contribution is 6.05. The van der Waals surface area contributed by atoms with Crippen LogP contribution in [0.5, 0.6) is 5.75 Å². The zero-order valence-electron chi connectivity index (χ0n) is 25.4. The van der Waals surface area contributed by atoms with Crippen LogP contribution < -0.4 is 10.1 Å². The van der Waals surface area contributed by atoms with Crippen LogP contribution in [0.3, 0.4) is 0 Å². The van der Waals surface area contributed by atoms with Crippen LogP contribution in [-0.4, -0.2) is 29.2 Å². The molecular weight excluding hydrogens is 593 g/mol. The first-order chi connectivity index (χ1) is 20.9. The molecule has 4 aliphatic rings. The van der Waals surface area contributed by atoms with Gasteiger partial charge in [0.2, 0.25) is 0 Å². The number of halogens is 5. The lowest BCUT2D eigenvalue weighted by molar-refractivity contribution is -0.289. The molecule has 10 heteroatoms. The maximum Gasteiger partial charge on any atom is 0.458 e. The molecule has 7 rings (SSSR count). The second-order valence-corrected chi connectivity index (χ2v) is 14.8. The summed E-state index contributed by atoms with van der Waals surface area (Å²) in [7, 11) is 0. The van der Waals surface area contributed by atoms with Crippen molar-refractivity contribution in [2.45, 2.75) is 84.0 Å². The highest BCUT2D eigenvalue weighted by Crippen LogP contribution is 2.74. The number of ether oxygens (including phenoxy) is 1. The van der Waals surface area contributed by atoms with Crippen LogP contribution in [0.1, 0.15) is 80.8 Å². The van der Waals surface area contributed by atoms with E-state index in [0.29, 0.717) is 42.3 Å². The van der Waals surface area contributed by atoms with Gasteiger partial charge in [0.05, 0.1) is 5.56 Å². The molecule has 4 fully saturated rings. The summed E-state index contributed by atoms with van der Waals surface area (Å²) in [5, 5.41) is 14.7. The average Bonchev–Trinajstić information content (AvgIpc) is 2.91. The van der Waals surface area contributed by atoms with E-state index in [4.69, 9.17) is 4.74 Å². The highest BCUT2D eigenvalue weighted by Gasteiger charge is 2.67. The van der Waals surface area contributed by atoms with Crippen LogP contribution in [0, 0.1) is 21.7 Å². The molecule has 240 valence electrons. The molecule has 4 aliphatic carbocycles. The number of hydrogen-bond donors (Lipinski definition) is 2. The van der Waals surface area contributed by atoms with Gasteiger partial charge in [-0.1, -0.05) is 75.4 Å². The number of nitrogens with one attached hydrogen (secondary N) is 1. The van der Waals surface area contributed by atoms with Crippen molar-refractivity contribution in [1.29, 1.82) is 0 Å². The number of carboxylic acids is 1. The van der Waals surface area contributed by atoms with Crippen molar-refractivity contribution in [2.24, 2.45) is 21.7 Å². The van der Waals surface area contributed by atoms with Crippen LogP contribution in [0.15, 0.2) is 60.7 Å². The fourth-order valence-electron chi connectivity index (χ4n) is 10.1. The Labute approximate surface area is 258 Å². The Kier molecular flexibility index (Phi) is 7.06. The summed E-state index contributed by atoms with van der Waals surface area (Å²) in [6.07, 6.45) is -0.473. The van der Waals surface area contributed by atoms with E-state index in [0.717, 1.165) is 36.8 Å². The Hall–Kier alpha value is -3.69. The first-order valence-corrected chi connectivity index (χ1v) is 15.1. The minimum atomic E-state index is -5.73. The van der Waals surface area contributed by atoms with Crippen molar-refractivity contribution in [3.8, 4) is 5.75 Å². The molecule has 45 heavy (non-hydrogen) atoms. The fourth-order valence-corrected chi connectivity index (χ4v) is 10.1. The van der Waals surface area contributed by atoms with Crippen LogP contribution in [0.4, 0.5) is 22.0 Å². The lowest BCUT2D eigenvalue weighted by Crippen LogP contribution is -2.66. The molecule has 0 aliphatic heterocycles. The molecule has 3 aromatic carbocycles. The van der Waals surface area contributed by atoms with Gasteiger partial charge in [-0.15, -0.1) is 0 Å². The van der Waals surface area contributed by atoms with Gasteiger partial charge in [-0.05, 0) is 71.8 Å². The zero-order valence-corrected chi connectivity index (χ0v) is 25.4. The Bertz CT molecular complexity index is 1610. The van der Waals surface area contributed by atoms with Crippen molar-refractivity contribution in [2.75, 3.05) is 0 Å². The van der Waals surface area contributed by atoms with E-state index in [2.05, 4.69) is 26.1 Å². The molecule has 0 unspecified atom stereocenters. The number of carbonyl (C=O) groups excluding carboxylic acids is 1. The third kappa shape index (κ3) is 5.44.